The summed E-state index contributed by atoms with van der Waals surface area (Å²) in [6.07, 6.45) is 4.41. The number of halogens is 2. The predicted molar refractivity (Wildman–Crippen MR) is 84.7 cm³/mol. The van der Waals surface area contributed by atoms with E-state index in [2.05, 4.69) is 5.32 Å². The monoisotopic (exact) mass is 337 g/mol. The summed E-state index contributed by atoms with van der Waals surface area (Å²) in [6, 6.07) is 5.20. The van der Waals surface area contributed by atoms with Crippen LogP contribution in [0.25, 0.3) is 0 Å². The maximum Gasteiger partial charge on any atom is 0.261 e. The second-order valence-corrected chi connectivity index (χ2v) is 6.55. The van der Waals surface area contributed by atoms with Gasteiger partial charge in [-0.3, -0.25) is 4.79 Å². The van der Waals surface area contributed by atoms with E-state index < -0.39 is 11.6 Å². The van der Waals surface area contributed by atoms with Crippen LogP contribution < -0.4 is 10.1 Å². The molecule has 3 rings (SSSR count). The van der Waals surface area contributed by atoms with Crippen molar-refractivity contribution >= 4 is 17.2 Å². The molecule has 1 aliphatic rings. The highest BCUT2D eigenvalue weighted by atomic mass is 32.1. The summed E-state index contributed by atoms with van der Waals surface area (Å²) in [6.45, 7) is 0.135. The SMILES string of the molecule is O=C(NC1CCCC1)c1cc(COc2ccc(F)cc2F)cs1. The number of carbonyl (C=O) groups is 1. The fourth-order valence-corrected chi connectivity index (χ4v) is 3.45. The molecule has 1 saturated carbocycles. The van der Waals surface area contributed by atoms with Gasteiger partial charge in [0, 0.05) is 17.7 Å². The van der Waals surface area contributed by atoms with Gasteiger partial charge < -0.3 is 10.1 Å². The molecule has 3 nitrogen and oxygen atoms in total. The Hall–Kier alpha value is -1.95. The molecule has 1 amide bonds. The largest absolute Gasteiger partial charge is 0.486 e. The van der Waals surface area contributed by atoms with Crippen molar-refractivity contribution in [2.45, 2.75) is 38.3 Å². The van der Waals surface area contributed by atoms with E-state index >= 15 is 0 Å². The molecule has 0 aliphatic heterocycles. The zero-order chi connectivity index (χ0) is 16.2. The fraction of sp³-hybridized carbons (Fsp3) is 0.353. The van der Waals surface area contributed by atoms with Gasteiger partial charge in [0.05, 0.1) is 4.88 Å². The molecule has 0 unspecified atom stereocenters. The molecular formula is C17H17F2NO2S. The van der Waals surface area contributed by atoms with Crippen LogP contribution in [0.2, 0.25) is 0 Å². The maximum absolute atomic E-state index is 13.5. The number of benzene rings is 1. The molecule has 1 heterocycles. The van der Waals surface area contributed by atoms with E-state index in [0.717, 1.165) is 43.4 Å². The van der Waals surface area contributed by atoms with Crippen LogP contribution in [0.4, 0.5) is 8.78 Å². The van der Waals surface area contributed by atoms with E-state index in [-0.39, 0.29) is 24.3 Å². The van der Waals surface area contributed by atoms with Gasteiger partial charge in [0.15, 0.2) is 11.6 Å². The van der Waals surface area contributed by atoms with Crippen LogP contribution in [-0.4, -0.2) is 11.9 Å². The molecule has 23 heavy (non-hydrogen) atoms. The summed E-state index contributed by atoms with van der Waals surface area (Å²) in [7, 11) is 0. The fourth-order valence-electron chi connectivity index (χ4n) is 2.65. The quantitative estimate of drug-likeness (QED) is 0.884. The van der Waals surface area contributed by atoms with Crippen LogP contribution in [0, 0.1) is 11.6 Å². The molecule has 0 spiro atoms. The number of thiophene rings is 1. The lowest BCUT2D eigenvalue weighted by atomic mass is 10.2. The summed E-state index contributed by atoms with van der Waals surface area (Å²) in [5.41, 5.74) is 0.787. The zero-order valence-electron chi connectivity index (χ0n) is 12.5. The van der Waals surface area contributed by atoms with E-state index in [1.807, 2.05) is 5.38 Å². The summed E-state index contributed by atoms with van der Waals surface area (Å²) < 4.78 is 31.7. The Morgan fingerprint density at radius 1 is 1.26 bits per heavy atom. The third kappa shape index (κ3) is 4.07. The van der Waals surface area contributed by atoms with Crippen molar-refractivity contribution in [3.8, 4) is 5.75 Å². The highest BCUT2D eigenvalue weighted by molar-refractivity contribution is 7.12. The lowest BCUT2D eigenvalue weighted by Gasteiger charge is -2.10. The van der Waals surface area contributed by atoms with Gasteiger partial charge in [-0.2, -0.15) is 0 Å². The average molecular weight is 337 g/mol. The molecule has 1 N–H and O–H groups in total. The Kier molecular flexibility index (Phi) is 4.91. The zero-order valence-corrected chi connectivity index (χ0v) is 13.3. The number of amides is 1. The average Bonchev–Trinajstić information content (AvgIpc) is 3.17. The van der Waals surface area contributed by atoms with Gasteiger partial charge in [0.25, 0.3) is 5.91 Å². The highest BCUT2D eigenvalue weighted by Gasteiger charge is 2.19. The van der Waals surface area contributed by atoms with E-state index in [1.165, 1.54) is 17.4 Å². The van der Waals surface area contributed by atoms with Gasteiger partial charge in [0.1, 0.15) is 12.4 Å². The Morgan fingerprint density at radius 2 is 2.04 bits per heavy atom. The van der Waals surface area contributed by atoms with Crippen LogP contribution >= 0.6 is 11.3 Å². The molecule has 1 fully saturated rings. The van der Waals surface area contributed by atoms with Crippen LogP contribution in [0.1, 0.15) is 40.9 Å². The lowest BCUT2D eigenvalue weighted by Crippen LogP contribution is -2.31. The Morgan fingerprint density at radius 3 is 2.78 bits per heavy atom. The minimum Gasteiger partial charge on any atom is -0.486 e. The molecule has 1 aromatic carbocycles. The van der Waals surface area contributed by atoms with Crippen LogP contribution in [-0.2, 0) is 6.61 Å². The van der Waals surface area contributed by atoms with Crippen molar-refractivity contribution in [2.75, 3.05) is 0 Å². The molecule has 0 bridgehead atoms. The number of hydrogen-bond acceptors (Lipinski definition) is 3. The normalized spacial score (nSPS) is 14.9. The Balaban J connectivity index is 1.57. The van der Waals surface area contributed by atoms with Gasteiger partial charge >= 0.3 is 0 Å². The predicted octanol–water partition coefficient (Wildman–Crippen LogP) is 4.28. The van der Waals surface area contributed by atoms with Gasteiger partial charge in [-0.15, -0.1) is 11.3 Å². The number of rotatable bonds is 5. The molecular weight excluding hydrogens is 320 g/mol. The van der Waals surface area contributed by atoms with Crippen molar-refractivity contribution in [3.05, 3.63) is 51.7 Å². The number of ether oxygens (including phenoxy) is 1. The number of hydrogen-bond donors (Lipinski definition) is 1. The minimum atomic E-state index is -0.737. The molecule has 1 aliphatic carbocycles. The third-order valence-corrected chi connectivity index (χ3v) is 4.83. The molecule has 6 heteroatoms. The molecule has 0 saturated heterocycles. The van der Waals surface area contributed by atoms with Crippen LogP contribution in [0.5, 0.6) is 5.75 Å². The number of nitrogens with one attached hydrogen (secondary N) is 1. The lowest BCUT2D eigenvalue weighted by molar-refractivity contribution is 0.0942. The smallest absolute Gasteiger partial charge is 0.261 e. The van der Waals surface area contributed by atoms with Crippen molar-refractivity contribution in [1.82, 2.24) is 5.32 Å². The van der Waals surface area contributed by atoms with E-state index in [1.54, 1.807) is 6.07 Å². The van der Waals surface area contributed by atoms with Crippen molar-refractivity contribution in [3.63, 3.8) is 0 Å². The molecule has 0 radical (unpaired) electrons. The first-order valence-corrected chi connectivity index (χ1v) is 8.46. The molecule has 1 aromatic heterocycles. The van der Waals surface area contributed by atoms with Crippen LogP contribution in [0.15, 0.2) is 29.6 Å². The van der Waals surface area contributed by atoms with Crippen LogP contribution in [0.3, 0.4) is 0 Å². The Labute approximate surface area is 137 Å². The van der Waals surface area contributed by atoms with E-state index in [9.17, 15) is 13.6 Å². The van der Waals surface area contributed by atoms with E-state index in [4.69, 9.17) is 4.74 Å². The van der Waals surface area contributed by atoms with Gasteiger partial charge in [-0.25, -0.2) is 8.78 Å². The summed E-state index contributed by atoms with van der Waals surface area (Å²) >= 11 is 1.34. The van der Waals surface area contributed by atoms with Crippen molar-refractivity contribution < 1.29 is 18.3 Å². The van der Waals surface area contributed by atoms with Gasteiger partial charge in [-0.05, 0) is 36.4 Å². The first-order valence-electron chi connectivity index (χ1n) is 7.58. The van der Waals surface area contributed by atoms with Crippen molar-refractivity contribution in [1.29, 1.82) is 0 Å². The topological polar surface area (TPSA) is 38.3 Å². The minimum absolute atomic E-state index is 0.00504. The maximum atomic E-state index is 13.5. The van der Waals surface area contributed by atoms with Gasteiger partial charge in [-0.1, -0.05) is 12.8 Å². The summed E-state index contributed by atoms with van der Waals surface area (Å²) in [5, 5.41) is 4.84. The highest BCUT2D eigenvalue weighted by Crippen LogP contribution is 2.22. The molecule has 122 valence electrons. The summed E-state index contributed by atoms with van der Waals surface area (Å²) in [5.74, 6) is -1.45. The third-order valence-electron chi connectivity index (χ3n) is 3.86. The number of carbonyl (C=O) groups excluding carboxylic acids is 1. The first-order chi connectivity index (χ1) is 11.1. The standard InChI is InChI=1S/C17H17F2NO2S/c18-12-5-6-15(14(19)8-12)22-9-11-7-16(23-10-11)17(21)20-13-3-1-2-4-13/h5-8,10,13H,1-4,9H2,(H,20,21). The molecule has 0 atom stereocenters. The van der Waals surface area contributed by atoms with E-state index in [0.29, 0.717) is 4.88 Å². The van der Waals surface area contributed by atoms with Gasteiger partial charge in [0.2, 0.25) is 0 Å². The first kappa shape index (κ1) is 15.9. The second-order valence-electron chi connectivity index (χ2n) is 5.64. The Bertz CT molecular complexity index is 696. The van der Waals surface area contributed by atoms with Crippen molar-refractivity contribution in [2.24, 2.45) is 0 Å². The summed E-state index contributed by atoms with van der Waals surface area (Å²) in [4.78, 5) is 12.8. The molecule has 2 aromatic rings. The second kappa shape index (κ2) is 7.08.